The Labute approximate surface area is 64.8 Å². The lowest BCUT2D eigenvalue weighted by molar-refractivity contribution is -0.145. The van der Waals surface area contributed by atoms with E-state index in [2.05, 4.69) is 0 Å². The van der Waals surface area contributed by atoms with Crippen molar-refractivity contribution >= 4 is 5.97 Å². The monoisotopic (exact) mass is 160 g/mol. The van der Waals surface area contributed by atoms with E-state index < -0.39 is 18.2 Å². The molecule has 0 aromatic carbocycles. The summed E-state index contributed by atoms with van der Waals surface area (Å²) in [5.41, 5.74) is 0. The van der Waals surface area contributed by atoms with Crippen molar-refractivity contribution in [3.05, 3.63) is 0 Å². The van der Waals surface area contributed by atoms with Crippen LogP contribution in [0.4, 0.5) is 0 Å². The van der Waals surface area contributed by atoms with Gasteiger partial charge in [-0.3, -0.25) is 4.79 Å². The minimum absolute atomic E-state index is 0.0961. The maximum atomic E-state index is 10.2. The normalized spacial score (nSPS) is 31.7. The van der Waals surface area contributed by atoms with Crippen LogP contribution in [0.1, 0.15) is 19.3 Å². The van der Waals surface area contributed by atoms with Gasteiger partial charge in [0.2, 0.25) is 0 Å². The topological polar surface area (TPSA) is 66.8 Å². The molecule has 0 bridgehead atoms. The smallest absolute Gasteiger partial charge is 0.306 e. The fourth-order valence-corrected chi connectivity index (χ4v) is 1.19. The second-order valence-electron chi connectivity index (χ2n) is 2.72. The van der Waals surface area contributed by atoms with Gasteiger partial charge in [0, 0.05) is 6.61 Å². The average Bonchev–Trinajstić information content (AvgIpc) is 1.93. The van der Waals surface area contributed by atoms with Gasteiger partial charge in [-0.1, -0.05) is 0 Å². The second-order valence-corrected chi connectivity index (χ2v) is 2.72. The van der Waals surface area contributed by atoms with Crippen LogP contribution in [-0.2, 0) is 9.53 Å². The number of carboxylic acid groups (broad SMARTS) is 1. The van der Waals surface area contributed by atoms with E-state index in [1.54, 1.807) is 0 Å². The molecule has 0 aromatic heterocycles. The van der Waals surface area contributed by atoms with Gasteiger partial charge in [0.05, 0.1) is 18.6 Å². The number of ether oxygens (including phenoxy) is 1. The summed E-state index contributed by atoms with van der Waals surface area (Å²) in [5, 5.41) is 17.6. The quantitative estimate of drug-likeness (QED) is 0.596. The van der Waals surface area contributed by atoms with Crippen molar-refractivity contribution in [1.29, 1.82) is 0 Å². The third-order valence-corrected chi connectivity index (χ3v) is 1.78. The number of hydrogen-bond donors (Lipinski definition) is 2. The van der Waals surface area contributed by atoms with Crippen LogP contribution >= 0.6 is 0 Å². The molecule has 0 radical (unpaired) electrons. The Kier molecular flexibility index (Phi) is 2.84. The number of rotatable bonds is 2. The van der Waals surface area contributed by atoms with Gasteiger partial charge >= 0.3 is 5.97 Å². The molecule has 4 heteroatoms. The Hall–Kier alpha value is -0.610. The van der Waals surface area contributed by atoms with Crippen LogP contribution < -0.4 is 0 Å². The number of carbonyl (C=O) groups is 1. The van der Waals surface area contributed by atoms with Crippen molar-refractivity contribution in [2.75, 3.05) is 6.61 Å². The van der Waals surface area contributed by atoms with Gasteiger partial charge in [0.25, 0.3) is 0 Å². The fraction of sp³-hybridized carbons (Fsp3) is 0.857. The van der Waals surface area contributed by atoms with Gasteiger partial charge in [-0.05, 0) is 12.8 Å². The molecule has 1 heterocycles. The van der Waals surface area contributed by atoms with Gasteiger partial charge < -0.3 is 14.9 Å². The highest BCUT2D eigenvalue weighted by atomic mass is 16.5. The van der Waals surface area contributed by atoms with E-state index in [1.165, 1.54) is 0 Å². The molecule has 64 valence electrons. The summed E-state index contributed by atoms with van der Waals surface area (Å²) in [5.74, 6) is -0.920. The zero-order valence-electron chi connectivity index (χ0n) is 6.19. The van der Waals surface area contributed by atoms with Crippen molar-refractivity contribution in [2.24, 2.45) is 0 Å². The first-order chi connectivity index (χ1) is 5.20. The molecule has 0 aliphatic carbocycles. The highest BCUT2D eigenvalue weighted by molar-refractivity contribution is 5.67. The second kappa shape index (κ2) is 3.69. The first kappa shape index (κ1) is 8.49. The van der Waals surface area contributed by atoms with Crippen molar-refractivity contribution < 1.29 is 19.7 Å². The first-order valence-electron chi connectivity index (χ1n) is 3.71. The minimum Gasteiger partial charge on any atom is -0.481 e. The zero-order valence-corrected chi connectivity index (χ0v) is 6.19. The molecule has 1 saturated heterocycles. The summed E-state index contributed by atoms with van der Waals surface area (Å²) in [6.45, 7) is 0.564. The van der Waals surface area contributed by atoms with E-state index in [0.717, 1.165) is 6.42 Å². The van der Waals surface area contributed by atoms with Crippen molar-refractivity contribution in [3.8, 4) is 0 Å². The van der Waals surface area contributed by atoms with Gasteiger partial charge in [0.1, 0.15) is 0 Å². The predicted molar refractivity (Wildman–Crippen MR) is 37.2 cm³/mol. The number of hydrogen-bond acceptors (Lipinski definition) is 3. The van der Waals surface area contributed by atoms with Crippen LogP contribution in [0, 0.1) is 0 Å². The molecule has 4 nitrogen and oxygen atoms in total. The van der Waals surface area contributed by atoms with Gasteiger partial charge in [-0.2, -0.15) is 0 Å². The third-order valence-electron chi connectivity index (χ3n) is 1.78. The van der Waals surface area contributed by atoms with Gasteiger partial charge in [-0.15, -0.1) is 0 Å². The van der Waals surface area contributed by atoms with E-state index >= 15 is 0 Å². The van der Waals surface area contributed by atoms with E-state index in [-0.39, 0.29) is 6.42 Å². The highest BCUT2D eigenvalue weighted by Gasteiger charge is 2.25. The number of aliphatic hydroxyl groups excluding tert-OH is 1. The number of aliphatic hydroxyl groups is 1. The molecule has 0 amide bonds. The lowest BCUT2D eigenvalue weighted by Gasteiger charge is -2.26. The predicted octanol–water partition coefficient (Wildman–Crippen LogP) is 0.001000. The molecule has 2 atom stereocenters. The van der Waals surface area contributed by atoms with Gasteiger partial charge in [0.15, 0.2) is 0 Å². The Bertz CT molecular complexity index is 145. The molecule has 11 heavy (non-hydrogen) atoms. The SMILES string of the molecule is O=C(O)C[C@H]1OCCC[C@H]1O. The largest absolute Gasteiger partial charge is 0.481 e. The molecule has 1 aliphatic heterocycles. The minimum atomic E-state index is -0.920. The molecule has 0 spiro atoms. The summed E-state index contributed by atoms with van der Waals surface area (Å²) in [6.07, 6.45) is 0.275. The van der Waals surface area contributed by atoms with Crippen molar-refractivity contribution in [3.63, 3.8) is 0 Å². The maximum Gasteiger partial charge on any atom is 0.306 e. The maximum absolute atomic E-state index is 10.2. The Morgan fingerprint density at radius 2 is 2.36 bits per heavy atom. The molecular weight excluding hydrogens is 148 g/mol. The molecule has 1 rings (SSSR count). The Balaban J connectivity index is 2.35. The summed E-state index contributed by atoms with van der Waals surface area (Å²) < 4.78 is 5.07. The molecule has 2 N–H and O–H groups in total. The zero-order chi connectivity index (χ0) is 8.27. The Morgan fingerprint density at radius 3 is 2.91 bits per heavy atom. The Morgan fingerprint density at radius 1 is 1.64 bits per heavy atom. The summed E-state index contributed by atoms with van der Waals surface area (Å²) >= 11 is 0. The first-order valence-corrected chi connectivity index (χ1v) is 3.71. The summed E-state index contributed by atoms with van der Waals surface area (Å²) in [6, 6.07) is 0. The number of aliphatic carboxylic acids is 1. The molecule has 0 unspecified atom stereocenters. The van der Waals surface area contributed by atoms with Crippen molar-refractivity contribution in [2.45, 2.75) is 31.5 Å². The number of carboxylic acids is 1. The molecular formula is C7H12O4. The molecule has 1 aliphatic rings. The fourth-order valence-electron chi connectivity index (χ4n) is 1.19. The van der Waals surface area contributed by atoms with E-state index in [9.17, 15) is 9.90 Å². The molecule has 0 saturated carbocycles. The van der Waals surface area contributed by atoms with Crippen LogP contribution in [-0.4, -0.2) is 35.0 Å². The lowest BCUT2D eigenvalue weighted by atomic mass is 10.0. The standard InChI is InChI=1S/C7H12O4/c8-5-2-1-3-11-6(5)4-7(9)10/h5-6,8H,1-4H2,(H,9,10)/t5-,6-/m1/s1. The van der Waals surface area contributed by atoms with Crippen LogP contribution in [0.3, 0.4) is 0 Å². The summed E-state index contributed by atoms with van der Waals surface area (Å²) in [7, 11) is 0. The van der Waals surface area contributed by atoms with Crippen molar-refractivity contribution in [1.82, 2.24) is 0 Å². The van der Waals surface area contributed by atoms with Crippen LogP contribution in [0.25, 0.3) is 0 Å². The van der Waals surface area contributed by atoms with E-state index in [4.69, 9.17) is 9.84 Å². The van der Waals surface area contributed by atoms with Crippen LogP contribution in [0.2, 0.25) is 0 Å². The van der Waals surface area contributed by atoms with Crippen LogP contribution in [0.5, 0.6) is 0 Å². The molecule has 0 aromatic rings. The lowest BCUT2D eigenvalue weighted by Crippen LogP contribution is -2.35. The van der Waals surface area contributed by atoms with Crippen LogP contribution in [0.15, 0.2) is 0 Å². The van der Waals surface area contributed by atoms with Gasteiger partial charge in [-0.25, -0.2) is 0 Å². The van der Waals surface area contributed by atoms with E-state index in [1.807, 2.05) is 0 Å². The molecule has 1 fully saturated rings. The average molecular weight is 160 g/mol. The third kappa shape index (κ3) is 2.48. The van der Waals surface area contributed by atoms with E-state index in [0.29, 0.717) is 13.0 Å². The summed E-state index contributed by atoms with van der Waals surface area (Å²) in [4.78, 5) is 10.2. The highest BCUT2D eigenvalue weighted by Crippen LogP contribution is 2.16.